The summed E-state index contributed by atoms with van der Waals surface area (Å²) in [6, 6.07) is 9.50. The standard InChI is InChI=1S/C14H18N4O2/c1-3-16-11-12(15)18(14(20)17(2)13(11)19)9-10-7-5-4-6-8-10/h4-8,16H,3,9,15H2,1-2H3. The van der Waals surface area contributed by atoms with Crippen molar-refractivity contribution in [2.75, 3.05) is 17.6 Å². The van der Waals surface area contributed by atoms with E-state index >= 15 is 0 Å². The minimum absolute atomic E-state index is 0.170. The number of anilines is 2. The summed E-state index contributed by atoms with van der Waals surface area (Å²) in [6.45, 7) is 2.76. The first kappa shape index (κ1) is 13.9. The van der Waals surface area contributed by atoms with Crippen LogP contribution >= 0.6 is 0 Å². The van der Waals surface area contributed by atoms with Gasteiger partial charge < -0.3 is 11.1 Å². The van der Waals surface area contributed by atoms with Gasteiger partial charge >= 0.3 is 5.69 Å². The molecule has 0 aliphatic rings. The number of nitrogens with one attached hydrogen (secondary N) is 1. The van der Waals surface area contributed by atoms with Crippen LogP contribution in [0.5, 0.6) is 0 Å². The molecule has 106 valence electrons. The number of benzene rings is 1. The summed E-state index contributed by atoms with van der Waals surface area (Å²) in [6.07, 6.45) is 0. The Labute approximate surface area is 116 Å². The fourth-order valence-electron chi connectivity index (χ4n) is 2.04. The van der Waals surface area contributed by atoms with Crippen LogP contribution in [0.3, 0.4) is 0 Å². The van der Waals surface area contributed by atoms with Crippen molar-refractivity contribution >= 4 is 11.5 Å². The van der Waals surface area contributed by atoms with Crippen molar-refractivity contribution in [1.82, 2.24) is 9.13 Å². The van der Waals surface area contributed by atoms with E-state index in [0.29, 0.717) is 13.1 Å². The van der Waals surface area contributed by atoms with Gasteiger partial charge in [-0.3, -0.25) is 13.9 Å². The average molecular weight is 274 g/mol. The summed E-state index contributed by atoms with van der Waals surface area (Å²) in [5.41, 5.74) is 6.37. The molecule has 0 unspecified atom stereocenters. The summed E-state index contributed by atoms with van der Waals surface area (Å²) < 4.78 is 2.46. The van der Waals surface area contributed by atoms with Crippen LogP contribution in [0.4, 0.5) is 11.5 Å². The first-order valence-corrected chi connectivity index (χ1v) is 6.43. The molecule has 0 amide bonds. The molecule has 0 aliphatic heterocycles. The van der Waals surface area contributed by atoms with E-state index in [1.165, 1.54) is 11.6 Å². The molecule has 1 aromatic carbocycles. The number of nitrogen functional groups attached to an aromatic ring is 1. The van der Waals surface area contributed by atoms with E-state index in [1.807, 2.05) is 37.3 Å². The number of nitrogens with zero attached hydrogens (tertiary/aromatic N) is 2. The van der Waals surface area contributed by atoms with Gasteiger partial charge in [-0.2, -0.15) is 0 Å². The van der Waals surface area contributed by atoms with Crippen molar-refractivity contribution < 1.29 is 0 Å². The van der Waals surface area contributed by atoms with Crippen LogP contribution < -0.4 is 22.3 Å². The number of rotatable bonds is 4. The van der Waals surface area contributed by atoms with Crippen LogP contribution in [0.25, 0.3) is 0 Å². The predicted molar refractivity (Wildman–Crippen MR) is 80.1 cm³/mol. The first-order valence-electron chi connectivity index (χ1n) is 6.43. The van der Waals surface area contributed by atoms with E-state index in [4.69, 9.17) is 5.73 Å². The lowest BCUT2D eigenvalue weighted by Gasteiger charge is -2.15. The normalized spacial score (nSPS) is 10.5. The third kappa shape index (κ3) is 2.45. The monoisotopic (exact) mass is 274 g/mol. The Morgan fingerprint density at radius 2 is 1.85 bits per heavy atom. The number of nitrogens with two attached hydrogens (primary N) is 1. The quantitative estimate of drug-likeness (QED) is 0.856. The van der Waals surface area contributed by atoms with E-state index in [9.17, 15) is 9.59 Å². The van der Waals surface area contributed by atoms with Crippen LogP contribution in [0, 0.1) is 0 Å². The molecule has 0 saturated carbocycles. The third-order valence-corrected chi connectivity index (χ3v) is 3.12. The SMILES string of the molecule is CCNc1c(N)n(Cc2ccccc2)c(=O)n(C)c1=O. The van der Waals surface area contributed by atoms with Gasteiger partial charge in [-0.1, -0.05) is 30.3 Å². The maximum absolute atomic E-state index is 12.2. The second kappa shape index (κ2) is 5.64. The van der Waals surface area contributed by atoms with Gasteiger partial charge in [0.15, 0.2) is 0 Å². The first-order chi connectivity index (χ1) is 9.56. The zero-order valence-electron chi connectivity index (χ0n) is 11.6. The van der Waals surface area contributed by atoms with Gasteiger partial charge in [0.25, 0.3) is 5.56 Å². The largest absolute Gasteiger partial charge is 0.383 e. The van der Waals surface area contributed by atoms with Crippen molar-refractivity contribution in [3.05, 3.63) is 56.7 Å². The van der Waals surface area contributed by atoms with E-state index < -0.39 is 11.2 Å². The average Bonchev–Trinajstić information content (AvgIpc) is 2.47. The summed E-state index contributed by atoms with van der Waals surface area (Å²) in [5, 5.41) is 2.92. The lowest BCUT2D eigenvalue weighted by Crippen LogP contribution is -2.41. The van der Waals surface area contributed by atoms with Gasteiger partial charge in [0.05, 0.1) is 6.54 Å². The van der Waals surface area contributed by atoms with E-state index in [0.717, 1.165) is 10.1 Å². The lowest BCUT2D eigenvalue weighted by molar-refractivity contribution is 0.656. The summed E-state index contributed by atoms with van der Waals surface area (Å²) in [5.74, 6) is 0.170. The molecule has 2 aromatic rings. The number of aromatic nitrogens is 2. The minimum Gasteiger partial charge on any atom is -0.383 e. The Morgan fingerprint density at radius 3 is 2.45 bits per heavy atom. The van der Waals surface area contributed by atoms with Crippen molar-refractivity contribution in [3.63, 3.8) is 0 Å². The van der Waals surface area contributed by atoms with Gasteiger partial charge in [-0.05, 0) is 12.5 Å². The molecule has 6 heteroatoms. The van der Waals surface area contributed by atoms with Gasteiger partial charge in [-0.25, -0.2) is 4.79 Å². The maximum atomic E-state index is 12.2. The molecule has 3 N–H and O–H groups in total. The molecule has 0 radical (unpaired) electrons. The Balaban J connectivity index is 2.58. The molecule has 0 spiro atoms. The molecule has 20 heavy (non-hydrogen) atoms. The highest BCUT2D eigenvalue weighted by Crippen LogP contribution is 2.12. The Hall–Kier alpha value is -2.50. The topological polar surface area (TPSA) is 82.0 Å². The Bertz CT molecular complexity index is 716. The molecular weight excluding hydrogens is 256 g/mol. The highest BCUT2D eigenvalue weighted by molar-refractivity contribution is 5.60. The second-order valence-electron chi connectivity index (χ2n) is 4.51. The van der Waals surface area contributed by atoms with Gasteiger partial charge in [0.1, 0.15) is 11.5 Å². The molecular formula is C14H18N4O2. The van der Waals surface area contributed by atoms with Gasteiger partial charge in [0.2, 0.25) is 0 Å². The zero-order valence-corrected chi connectivity index (χ0v) is 11.6. The lowest BCUT2D eigenvalue weighted by atomic mass is 10.2. The third-order valence-electron chi connectivity index (χ3n) is 3.12. The van der Waals surface area contributed by atoms with Crippen molar-refractivity contribution in [2.45, 2.75) is 13.5 Å². The predicted octanol–water partition coefficient (Wildman–Crippen LogP) is 0.609. The molecule has 0 bridgehead atoms. The highest BCUT2D eigenvalue weighted by Gasteiger charge is 2.14. The Kier molecular flexibility index (Phi) is 3.93. The molecule has 6 nitrogen and oxygen atoms in total. The smallest absolute Gasteiger partial charge is 0.332 e. The zero-order chi connectivity index (χ0) is 14.7. The van der Waals surface area contributed by atoms with Crippen LogP contribution in [0.2, 0.25) is 0 Å². The second-order valence-corrected chi connectivity index (χ2v) is 4.51. The van der Waals surface area contributed by atoms with E-state index in [2.05, 4.69) is 5.32 Å². The minimum atomic E-state index is -0.419. The fourth-order valence-corrected chi connectivity index (χ4v) is 2.04. The van der Waals surface area contributed by atoms with Crippen LogP contribution in [0.15, 0.2) is 39.9 Å². The van der Waals surface area contributed by atoms with Crippen LogP contribution in [-0.4, -0.2) is 15.7 Å². The van der Waals surface area contributed by atoms with Crippen molar-refractivity contribution in [2.24, 2.45) is 7.05 Å². The van der Waals surface area contributed by atoms with Crippen LogP contribution in [0.1, 0.15) is 12.5 Å². The molecule has 0 fully saturated rings. The Morgan fingerprint density at radius 1 is 1.20 bits per heavy atom. The maximum Gasteiger partial charge on any atom is 0.332 e. The molecule has 0 saturated heterocycles. The molecule has 1 aromatic heterocycles. The van der Waals surface area contributed by atoms with Gasteiger partial charge in [-0.15, -0.1) is 0 Å². The number of hydrogen-bond donors (Lipinski definition) is 2. The van der Waals surface area contributed by atoms with Crippen molar-refractivity contribution in [3.8, 4) is 0 Å². The summed E-state index contributed by atoms with van der Waals surface area (Å²) in [7, 11) is 1.45. The van der Waals surface area contributed by atoms with Crippen LogP contribution in [-0.2, 0) is 13.6 Å². The summed E-state index contributed by atoms with van der Waals surface area (Å²) in [4.78, 5) is 24.2. The highest BCUT2D eigenvalue weighted by atomic mass is 16.2. The molecule has 0 aliphatic carbocycles. The molecule has 0 atom stereocenters. The molecule has 2 rings (SSSR count). The summed E-state index contributed by atoms with van der Waals surface area (Å²) >= 11 is 0. The van der Waals surface area contributed by atoms with E-state index in [-0.39, 0.29) is 11.5 Å². The molecule has 1 heterocycles. The van der Waals surface area contributed by atoms with Crippen molar-refractivity contribution in [1.29, 1.82) is 0 Å². The van der Waals surface area contributed by atoms with Gasteiger partial charge in [0, 0.05) is 13.6 Å². The fraction of sp³-hybridized carbons (Fsp3) is 0.286. The number of hydrogen-bond acceptors (Lipinski definition) is 4. The van der Waals surface area contributed by atoms with E-state index in [1.54, 1.807) is 0 Å².